The van der Waals surface area contributed by atoms with Gasteiger partial charge in [-0.3, -0.25) is 9.69 Å². The van der Waals surface area contributed by atoms with E-state index in [0.717, 1.165) is 25.3 Å². The van der Waals surface area contributed by atoms with Crippen LogP contribution in [-0.4, -0.2) is 64.8 Å². The van der Waals surface area contributed by atoms with Gasteiger partial charge < -0.3 is 20.3 Å². The van der Waals surface area contributed by atoms with Gasteiger partial charge in [0.15, 0.2) is 0 Å². The lowest BCUT2D eigenvalue weighted by atomic mass is 10.2. The number of benzene rings is 1. The molecule has 0 aromatic heterocycles. The Balaban J connectivity index is 0.000000450. The number of carbonyl (C=O) groups excluding carboxylic acids is 1. The van der Waals surface area contributed by atoms with Crippen LogP contribution in [0.5, 0.6) is 0 Å². The summed E-state index contributed by atoms with van der Waals surface area (Å²) in [5, 5.41) is 17.7. The fourth-order valence-corrected chi connectivity index (χ4v) is 2.47. The van der Waals surface area contributed by atoms with Gasteiger partial charge in [0, 0.05) is 31.7 Å². The molecule has 2 rings (SSSR count). The van der Waals surface area contributed by atoms with Gasteiger partial charge in [0.1, 0.15) is 0 Å². The highest BCUT2D eigenvalue weighted by Crippen LogP contribution is 2.11. The smallest absolute Gasteiger partial charge is 0.414 e. The monoisotopic (exact) mass is 352 g/mol. The van der Waals surface area contributed by atoms with Gasteiger partial charge in [-0.15, -0.1) is 0 Å². The molecule has 1 aliphatic rings. The molecule has 2 atom stereocenters. The predicted octanol–water partition coefficient (Wildman–Crippen LogP) is 1.28. The molecule has 1 aromatic carbocycles. The van der Waals surface area contributed by atoms with Crippen molar-refractivity contribution >= 4 is 23.5 Å². The summed E-state index contributed by atoms with van der Waals surface area (Å²) in [5.41, 5.74) is 0.858. The third kappa shape index (κ3) is 8.83. The average molecular weight is 352 g/mol. The van der Waals surface area contributed by atoms with Gasteiger partial charge in [-0.25, -0.2) is 9.59 Å². The molecule has 25 heavy (non-hydrogen) atoms. The quantitative estimate of drug-likeness (QED) is 0.699. The number of aliphatic carboxylic acids is 2. The minimum absolute atomic E-state index is 0.0676. The Hall–Kier alpha value is -2.45. The van der Waals surface area contributed by atoms with E-state index in [1.165, 1.54) is 0 Å². The van der Waals surface area contributed by atoms with E-state index in [1.54, 1.807) is 0 Å². The highest BCUT2D eigenvalue weighted by molar-refractivity contribution is 6.27. The van der Waals surface area contributed by atoms with E-state index < -0.39 is 11.9 Å². The number of nitrogens with zero attached hydrogens (tertiary/aromatic N) is 1. The lowest BCUT2D eigenvalue weighted by Gasteiger charge is -2.35. The normalized spacial score (nSPS) is 20.1. The summed E-state index contributed by atoms with van der Waals surface area (Å²) in [6.45, 7) is 6.75. The van der Waals surface area contributed by atoms with Gasteiger partial charge in [-0.2, -0.15) is 0 Å². The van der Waals surface area contributed by atoms with Crippen molar-refractivity contribution in [3.8, 4) is 0 Å². The molecule has 1 saturated heterocycles. The largest absolute Gasteiger partial charge is 0.473 e. The third-order valence-electron chi connectivity index (χ3n) is 3.39. The van der Waals surface area contributed by atoms with E-state index in [9.17, 15) is 4.79 Å². The Morgan fingerprint density at radius 3 is 2.08 bits per heavy atom. The van der Waals surface area contributed by atoms with Crippen molar-refractivity contribution in [2.24, 2.45) is 0 Å². The molecule has 0 aliphatic carbocycles. The maximum Gasteiger partial charge on any atom is 0.414 e. The topological polar surface area (TPSA) is 116 Å². The number of carbonyl (C=O) groups is 3. The van der Waals surface area contributed by atoms with Gasteiger partial charge >= 0.3 is 11.9 Å². The summed E-state index contributed by atoms with van der Waals surface area (Å²) >= 11 is 0. The maximum atomic E-state index is 11.8. The maximum absolute atomic E-state index is 11.8. The standard InChI is InChI=1S/C15H22N2O2.C2H2O4/c1-12-10-17(11-13(2)19-12)9-8-15(18)16-14-6-4-3-5-7-14;3-1(4)2(5)6/h3-7,12-13H,8-11H2,1-2H3,(H,16,18);(H,3,4)(H,5,6). The number of carboxylic acid groups (broad SMARTS) is 2. The zero-order chi connectivity index (χ0) is 18.8. The number of nitrogens with one attached hydrogen (secondary N) is 1. The molecule has 1 aromatic rings. The predicted molar refractivity (Wildman–Crippen MR) is 91.4 cm³/mol. The highest BCUT2D eigenvalue weighted by Gasteiger charge is 2.22. The lowest BCUT2D eigenvalue weighted by molar-refractivity contribution is -0.159. The van der Waals surface area contributed by atoms with Crippen LogP contribution in [0, 0.1) is 0 Å². The van der Waals surface area contributed by atoms with Crippen molar-refractivity contribution in [3.05, 3.63) is 30.3 Å². The molecular weight excluding hydrogens is 328 g/mol. The van der Waals surface area contributed by atoms with Crippen molar-refractivity contribution in [3.63, 3.8) is 0 Å². The van der Waals surface area contributed by atoms with Gasteiger partial charge in [-0.1, -0.05) is 18.2 Å². The number of anilines is 1. The number of carboxylic acids is 2. The Morgan fingerprint density at radius 2 is 1.60 bits per heavy atom. The fraction of sp³-hybridized carbons (Fsp3) is 0.471. The number of para-hydroxylation sites is 1. The molecule has 1 fully saturated rings. The molecule has 2 unspecified atom stereocenters. The van der Waals surface area contributed by atoms with Gasteiger partial charge in [0.2, 0.25) is 5.91 Å². The number of hydrogen-bond acceptors (Lipinski definition) is 5. The lowest BCUT2D eigenvalue weighted by Crippen LogP contribution is -2.46. The zero-order valence-corrected chi connectivity index (χ0v) is 14.3. The highest BCUT2D eigenvalue weighted by atomic mass is 16.5. The minimum atomic E-state index is -1.82. The van der Waals surface area contributed by atoms with Gasteiger partial charge in [0.25, 0.3) is 0 Å². The van der Waals surface area contributed by atoms with E-state index in [4.69, 9.17) is 24.5 Å². The van der Waals surface area contributed by atoms with Crippen LogP contribution >= 0.6 is 0 Å². The second-order valence-corrected chi connectivity index (χ2v) is 5.79. The van der Waals surface area contributed by atoms with Crippen LogP contribution in [0.1, 0.15) is 20.3 Å². The molecule has 8 nitrogen and oxygen atoms in total. The summed E-state index contributed by atoms with van der Waals surface area (Å²) in [5.74, 6) is -3.58. The first-order valence-electron chi connectivity index (χ1n) is 7.97. The van der Waals surface area contributed by atoms with E-state index in [-0.39, 0.29) is 18.1 Å². The van der Waals surface area contributed by atoms with Crippen molar-refractivity contribution in [2.75, 3.05) is 25.0 Å². The number of morpholine rings is 1. The molecule has 3 N–H and O–H groups in total. The minimum Gasteiger partial charge on any atom is -0.473 e. The van der Waals surface area contributed by atoms with Crippen LogP contribution < -0.4 is 5.32 Å². The first-order valence-corrected chi connectivity index (χ1v) is 7.97. The van der Waals surface area contributed by atoms with Crippen molar-refractivity contribution in [1.82, 2.24) is 4.90 Å². The first-order chi connectivity index (χ1) is 11.8. The van der Waals surface area contributed by atoms with Crippen LogP contribution in [0.4, 0.5) is 5.69 Å². The second-order valence-electron chi connectivity index (χ2n) is 5.79. The van der Waals surface area contributed by atoms with E-state index in [1.807, 2.05) is 30.3 Å². The third-order valence-corrected chi connectivity index (χ3v) is 3.39. The SMILES string of the molecule is CC1CN(CCC(=O)Nc2ccccc2)CC(C)O1.O=C(O)C(=O)O. The van der Waals surface area contributed by atoms with Crippen molar-refractivity contribution in [1.29, 1.82) is 0 Å². The van der Waals surface area contributed by atoms with Crippen molar-refractivity contribution < 1.29 is 29.3 Å². The van der Waals surface area contributed by atoms with Crippen LogP contribution in [0.25, 0.3) is 0 Å². The molecule has 0 radical (unpaired) electrons. The molecule has 1 heterocycles. The molecular formula is C17H24N2O6. The van der Waals surface area contributed by atoms with E-state index in [2.05, 4.69) is 24.1 Å². The Labute approximate surface area is 146 Å². The summed E-state index contributed by atoms with van der Waals surface area (Å²) in [6, 6.07) is 9.57. The average Bonchev–Trinajstić information content (AvgIpc) is 2.53. The summed E-state index contributed by atoms with van der Waals surface area (Å²) in [4.78, 5) is 32.3. The molecule has 138 valence electrons. The molecule has 1 aliphatic heterocycles. The molecule has 0 saturated carbocycles. The Kier molecular flexibility index (Phi) is 8.59. The molecule has 0 spiro atoms. The number of rotatable bonds is 4. The van der Waals surface area contributed by atoms with E-state index >= 15 is 0 Å². The number of hydrogen-bond donors (Lipinski definition) is 3. The van der Waals surface area contributed by atoms with Crippen molar-refractivity contribution in [2.45, 2.75) is 32.5 Å². The molecule has 0 bridgehead atoms. The number of amides is 1. The van der Waals surface area contributed by atoms with Crippen LogP contribution in [0.15, 0.2) is 30.3 Å². The van der Waals surface area contributed by atoms with Crippen LogP contribution in [-0.2, 0) is 19.1 Å². The van der Waals surface area contributed by atoms with Gasteiger partial charge in [0.05, 0.1) is 12.2 Å². The summed E-state index contributed by atoms with van der Waals surface area (Å²) < 4.78 is 5.68. The summed E-state index contributed by atoms with van der Waals surface area (Å²) in [6.07, 6.45) is 1.02. The van der Waals surface area contributed by atoms with E-state index in [0.29, 0.717) is 6.42 Å². The zero-order valence-electron chi connectivity index (χ0n) is 14.3. The second kappa shape index (κ2) is 10.4. The molecule has 1 amide bonds. The Morgan fingerprint density at radius 1 is 1.08 bits per heavy atom. The summed E-state index contributed by atoms with van der Waals surface area (Å²) in [7, 11) is 0. The fourth-order valence-electron chi connectivity index (χ4n) is 2.47. The molecule has 8 heteroatoms. The number of ether oxygens (including phenoxy) is 1. The Bertz CT molecular complexity index is 556. The van der Waals surface area contributed by atoms with Crippen LogP contribution in [0.2, 0.25) is 0 Å². The first kappa shape index (κ1) is 20.6. The van der Waals surface area contributed by atoms with Crippen LogP contribution in [0.3, 0.4) is 0 Å². The van der Waals surface area contributed by atoms with Gasteiger partial charge in [-0.05, 0) is 26.0 Å².